The van der Waals surface area contributed by atoms with Gasteiger partial charge in [0.15, 0.2) is 0 Å². The molecule has 1 aliphatic heterocycles. The summed E-state index contributed by atoms with van der Waals surface area (Å²) in [6, 6.07) is 5.54. The summed E-state index contributed by atoms with van der Waals surface area (Å²) in [6.07, 6.45) is 0.993. The van der Waals surface area contributed by atoms with E-state index in [0.717, 1.165) is 0 Å². The van der Waals surface area contributed by atoms with Crippen molar-refractivity contribution in [2.75, 3.05) is 0 Å². The molecule has 0 radical (unpaired) electrons. The van der Waals surface area contributed by atoms with Gasteiger partial charge in [0.05, 0.1) is 10.8 Å². The Labute approximate surface area is 112 Å². The zero-order valence-electron chi connectivity index (χ0n) is 10.7. The number of rotatable bonds is 4. The highest BCUT2D eigenvalue weighted by Gasteiger charge is 2.52. The minimum absolute atomic E-state index is 0.0738. The van der Waals surface area contributed by atoms with Gasteiger partial charge in [0.2, 0.25) is 5.91 Å². The van der Waals surface area contributed by atoms with Gasteiger partial charge in [-0.3, -0.25) is 4.79 Å². The molecule has 1 heterocycles. The van der Waals surface area contributed by atoms with Gasteiger partial charge in [-0.2, -0.15) is 0 Å². The number of amides is 1. The zero-order chi connectivity index (χ0) is 14.2. The minimum Gasteiger partial charge on any atom is -0.301 e. The number of benzene rings is 1. The van der Waals surface area contributed by atoms with Gasteiger partial charge in [0.25, 0.3) is 10.0 Å². The molecule has 102 valence electrons. The first kappa shape index (κ1) is 13.7. The standard InChI is InChI=1S/C13H15NO4S/c1-3-10-11(8-15)14(13(10)16)19(17,18)12-7-5-4-6-9(12)2/h4-8,10-11H,3H2,1-2H3/t10-,11+/m1/s1. The fraction of sp³-hybridized carbons (Fsp3) is 0.385. The lowest BCUT2D eigenvalue weighted by atomic mass is 9.89. The van der Waals surface area contributed by atoms with E-state index < -0.39 is 27.9 Å². The van der Waals surface area contributed by atoms with Crippen LogP contribution in [0.25, 0.3) is 0 Å². The number of hydrogen-bond acceptors (Lipinski definition) is 4. The fourth-order valence-corrected chi connectivity index (χ4v) is 4.16. The highest BCUT2D eigenvalue weighted by Crippen LogP contribution is 2.34. The molecule has 0 spiro atoms. The largest absolute Gasteiger partial charge is 0.301 e. The molecule has 1 aliphatic rings. The predicted molar refractivity (Wildman–Crippen MR) is 68.8 cm³/mol. The van der Waals surface area contributed by atoms with Crippen LogP contribution >= 0.6 is 0 Å². The number of hydrogen-bond donors (Lipinski definition) is 0. The summed E-state index contributed by atoms with van der Waals surface area (Å²) in [5.74, 6) is -1.01. The molecule has 19 heavy (non-hydrogen) atoms. The molecule has 0 N–H and O–H groups in total. The molecule has 6 heteroatoms. The monoisotopic (exact) mass is 281 g/mol. The number of β-lactam (4-membered cyclic amide) rings is 1. The summed E-state index contributed by atoms with van der Waals surface area (Å²) in [5, 5.41) is 0. The topological polar surface area (TPSA) is 71.5 Å². The molecular formula is C13H15NO4S. The fourth-order valence-electron chi connectivity index (χ4n) is 2.33. The van der Waals surface area contributed by atoms with Gasteiger partial charge in [0.1, 0.15) is 12.3 Å². The minimum atomic E-state index is -3.93. The van der Waals surface area contributed by atoms with Gasteiger partial charge < -0.3 is 4.79 Å². The Balaban J connectivity index is 2.45. The van der Waals surface area contributed by atoms with E-state index in [1.165, 1.54) is 6.07 Å². The van der Waals surface area contributed by atoms with E-state index in [1.54, 1.807) is 32.0 Å². The molecule has 1 saturated heterocycles. The van der Waals surface area contributed by atoms with Crippen molar-refractivity contribution in [1.29, 1.82) is 0 Å². The molecule has 0 aromatic heterocycles. The normalized spacial score (nSPS) is 23.1. The van der Waals surface area contributed by atoms with Crippen molar-refractivity contribution in [2.45, 2.75) is 31.2 Å². The Bertz CT molecular complexity index is 623. The third-order valence-electron chi connectivity index (χ3n) is 3.43. The first-order valence-corrected chi connectivity index (χ1v) is 7.48. The Morgan fingerprint density at radius 3 is 2.47 bits per heavy atom. The lowest BCUT2D eigenvalue weighted by molar-refractivity contribution is -0.149. The van der Waals surface area contributed by atoms with Gasteiger partial charge in [-0.15, -0.1) is 0 Å². The second-order valence-electron chi connectivity index (χ2n) is 4.55. The second-order valence-corrected chi connectivity index (χ2v) is 6.33. The van der Waals surface area contributed by atoms with Crippen LogP contribution in [0.15, 0.2) is 29.2 Å². The zero-order valence-corrected chi connectivity index (χ0v) is 11.6. The van der Waals surface area contributed by atoms with Crippen LogP contribution in [0.4, 0.5) is 0 Å². The molecule has 2 atom stereocenters. The molecule has 0 bridgehead atoms. The van der Waals surface area contributed by atoms with Crippen molar-refractivity contribution < 1.29 is 18.0 Å². The van der Waals surface area contributed by atoms with Gasteiger partial charge in [0, 0.05) is 0 Å². The van der Waals surface area contributed by atoms with Crippen LogP contribution in [0.3, 0.4) is 0 Å². The molecule has 1 aromatic carbocycles. The van der Waals surface area contributed by atoms with Crippen LogP contribution < -0.4 is 0 Å². The number of carbonyl (C=O) groups is 2. The summed E-state index contributed by atoms with van der Waals surface area (Å²) in [7, 11) is -3.93. The third kappa shape index (κ3) is 1.96. The maximum Gasteiger partial charge on any atom is 0.267 e. The molecule has 0 unspecified atom stereocenters. The SMILES string of the molecule is CC[C@H]1C(=O)N(S(=O)(=O)c2ccccc2C)[C@H]1C=O. The quantitative estimate of drug-likeness (QED) is 0.612. The van der Waals surface area contributed by atoms with E-state index >= 15 is 0 Å². The van der Waals surface area contributed by atoms with Crippen LogP contribution in [0.1, 0.15) is 18.9 Å². The molecule has 2 rings (SSSR count). The van der Waals surface area contributed by atoms with Crippen molar-refractivity contribution in [1.82, 2.24) is 4.31 Å². The van der Waals surface area contributed by atoms with Crippen molar-refractivity contribution in [3.05, 3.63) is 29.8 Å². The predicted octanol–water partition coefficient (Wildman–Crippen LogP) is 1.12. The summed E-state index contributed by atoms with van der Waals surface area (Å²) in [5.41, 5.74) is 0.555. The second kappa shape index (κ2) is 4.77. The van der Waals surface area contributed by atoms with Crippen molar-refractivity contribution in [3.63, 3.8) is 0 Å². The van der Waals surface area contributed by atoms with Crippen LogP contribution in [0.5, 0.6) is 0 Å². The lowest BCUT2D eigenvalue weighted by Crippen LogP contribution is -2.63. The molecule has 0 aliphatic carbocycles. The van der Waals surface area contributed by atoms with Gasteiger partial charge in [-0.1, -0.05) is 25.1 Å². The molecule has 5 nitrogen and oxygen atoms in total. The van der Waals surface area contributed by atoms with Gasteiger partial charge in [-0.25, -0.2) is 12.7 Å². The molecule has 1 fully saturated rings. The van der Waals surface area contributed by atoms with Crippen molar-refractivity contribution >= 4 is 22.2 Å². The summed E-state index contributed by atoms with van der Waals surface area (Å²) >= 11 is 0. The summed E-state index contributed by atoms with van der Waals surface area (Å²) < 4.78 is 25.6. The van der Waals surface area contributed by atoms with E-state index in [9.17, 15) is 18.0 Å². The maximum atomic E-state index is 12.4. The lowest BCUT2D eigenvalue weighted by Gasteiger charge is -2.42. The third-order valence-corrected chi connectivity index (χ3v) is 5.38. The first-order chi connectivity index (χ1) is 8.95. The Morgan fingerprint density at radius 1 is 1.32 bits per heavy atom. The molecule has 1 aromatic rings. The van der Waals surface area contributed by atoms with Crippen LogP contribution in [-0.2, 0) is 19.6 Å². The summed E-state index contributed by atoms with van der Waals surface area (Å²) in [4.78, 5) is 23.0. The van der Waals surface area contributed by atoms with Crippen molar-refractivity contribution in [3.8, 4) is 0 Å². The van der Waals surface area contributed by atoms with Gasteiger partial charge in [-0.05, 0) is 25.0 Å². The number of aldehydes is 1. The smallest absolute Gasteiger partial charge is 0.267 e. The number of aryl methyl sites for hydroxylation is 1. The highest BCUT2D eigenvalue weighted by molar-refractivity contribution is 7.89. The molecule has 0 saturated carbocycles. The van der Waals surface area contributed by atoms with E-state index in [0.29, 0.717) is 22.6 Å². The Kier molecular flexibility index (Phi) is 3.45. The van der Waals surface area contributed by atoms with E-state index in [2.05, 4.69) is 0 Å². The average molecular weight is 281 g/mol. The van der Waals surface area contributed by atoms with Crippen LogP contribution in [0, 0.1) is 12.8 Å². The average Bonchev–Trinajstić information content (AvgIpc) is 2.36. The van der Waals surface area contributed by atoms with Crippen LogP contribution in [-0.4, -0.2) is 31.0 Å². The maximum absolute atomic E-state index is 12.4. The van der Waals surface area contributed by atoms with E-state index in [-0.39, 0.29) is 4.90 Å². The van der Waals surface area contributed by atoms with Crippen molar-refractivity contribution in [2.24, 2.45) is 5.92 Å². The van der Waals surface area contributed by atoms with E-state index in [1.807, 2.05) is 0 Å². The Hall–Kier alpha value is -1.69. The van der Waals surface area contributed by atoms with Crippen LogP contribution in [0.2, 0.25) is 0 Å². The number of nitrogens with zero attached hydrogens (tertiary/aromatic N) is 1. The number of sulfonamides is 1. The molecular weight excluding hydrogens is 266 g/mol. The summed E-state index contributed by atoms with van der Waals surface area (Å²) in [6.45, 7) is 3.42. The Morgan fingerprint density at radius 2 is 1.95 bits per heavy atom. The first-order valence-electron chi connectivity index (χ1n) is 6.04. The number of carbonyl (C=O) groups excluding carboxylic acids is 2. The van der Waals surface area contributed by atoms with E-state index in [4.69, 9.17) is 0 Å². The van der Waals surface area contributed by atoms with Gasteiger partial charge >= 0.3 is 0 Å². The molecule has 1 amide bonds. The highest BCUT2D eigenvalue weighted by atomic mass is 32.2.